The minimum absolute atomic E-state index is 0.524. The Kier molecular flexibility index (Phi) is 4.88. The van der Waals surface area contributed by atoms with Gasteiger partial charge in [-0.25, -0.2) is 0 Å². The van der Waals surface area contributed by atoms with E-state index in [-0.39, 0.29) is 0 Å². The molecule has 3 rings (SSSR count). The van der Waals surface area contributed by atoms with Gasteiger partial charge in [0.25, 0.3) is 0 Å². The predicted molar refractivity (Wildman–Crippen MR) is 94.5 cm³/mol. The molecule has 3 heteroatoms. The molecule has 0 aliphatic carbocycles. The number of hydrogen-bond donors (Lipinski definition) is 1. The SMILES string of the molecule is C=CCOc1ccc2ccccc2c1CNCc1cccs1. The first-order chi connectivity index (χ1) is 10.9. The summed E-state index contributed by atoms with van der Waals surface area (Å²) in [5.74, 6) is 0.928. The van der Waals surface area contributed by atoms with Crippen molar-refractivity contribution in [3.8, 4) is 5.75 Å². The van der Waals surface area contributed by atoms with E-state index in [0.717, 1.165) is 18.8 Å². The molecule has 1 aromatic heterocycles. The molecule has 0 atom stereocenters. The molecular formula is C19H19NOS. The minimum atomic E-state index is 0.524. The van der Waals surface area contributed by atoms with Gasteiger partial charge in [-0.15, -0.1) is 11.3 Å². The Morgan fingerprint density at radius 1 is 1.05 bits per heavy atom. The van der Waals surface area contributed by atoms with Crippen molar-refractivity contribution in [2.45, 2.75) is 13.1 Å². The van der Waals surface area contributed by atoms with Crippen LogP contribution in [0.5, 0.6) is 5.75 Å². The highest BCUT2D eigenvalue weighted by Gasteiger charge is 2.08. The molecule has 22 heavy (non-hydrogen) atoms. The van der Waals surface area contributed by atoms with Crippen molar-refractivity contribution in [2.24, 2.45) is 0 Å². The highest BCUT2D eigenvalue weighted by atomic mass is 32.1. The van der Waals surface area contributed by atoms with Crippen LogP contribution in [-0.2, 0) is 13.1 Å². The normalized spacial score (nSPS) is 10.7. The average Bonchev–Trinajstić information content (AvgIpc) is 3.07. The zero-order chi connectivity index (χ0) is 15.2. The molecule has 2 aromatic carbocycles. The molecule has 0 saturated heterocycles. The van der Waals surface area contributed by atoms with Crippen LogP contribution in [0.15, 0.2) is 66.6 Å². The van der Waals surface area contributed by atoms with Gasteiger partial charge in [0.15, 0.2) is 0 Å². The maximum atomic E-state index is 5.83. The molecule has 3 aromatic rings. The summed E-state index contributed by atoms with van der Waals surface area (Å²) in [6.45, 7) is 5.91. The second-order valence-corrected chi connectivity index (χ2v) is 6.08. The predicted octanol–water partition coefficient (Wildman–Crippen LogP) is 4.76. The van der Waals surface area contributed by atoms with Gasteiger partial charge in [-0.3, -0.25) is 0 Å². The van der Waals surface area contributed by atoms with Crippen molar-refractivity contribution in [2.75, 3.05) is 6.61 Å². The number of nitrogens with one attached hydrogen (secondary N) is 1. The molecule has 1 N–H and O–H groups in total. The van der Waals surface area contributed by atoms with E-state index in [1.54, 1.807) is 17.4 Å². The quantitative estimate of drug-likeness (QED) is 0.636. The molecule has 1 heterocycles. The molecule has 0 unspecified atom stereocenters. The molecule has 112 valence electrons. The fourth-order valence-electron chi connectivity index (χ4n) is 2.51. The van der Waals surface area contributed by atoms with Gasteiger partial charge in [0.2, 0.25) is 0 Å². The zero-order valence-electron chi connectivity index (χ0n) is 12.4. The van der Waals surface area contributed by atoms with Gasteiger partial charge in [0.05, 0.1) is 0 Å². The van der Waals surface area contributed by atoms with Gasteiger partial charge in [-0.05, 0) is 28.3 Å². The molecule has 0 bridgehead atoms. The van der Waals surface area contributed by atoms with E-state index in [1.807, 2.05) is 6.07 Å². The highest BCUT2D eigenvalue weighted by Crippen LogP contribution is 2.28. The number of ether oxygens (including phenoxy) is 1. The van der Waals surface area contributed by atoms with Crippen molar-refractivity contribution in [3.05, 3.63) is 77.0 Å². The number of thiophene rings is 1. The number of hydrogen-bond acceptors (Lipinski definition) is 3. The molecule has 0 fully saturated rings. The standard InChI is InChI=1S/C19H19NOS/c1-2-11-21-19-10-9-15-6-3-4-8-17(15)18(19)14-20-13-16-7-5-12-22-16/h2-10,12,20H,1,11,13-14H2. The lowest BCUT2D eigenvalue weighted by Gasteiger charge is -2.14. The Morgan fingerprint density at radius 3 is 2.77 bits per heavy atom. The second kappa shape index (κ2) is 7.25. The Morgan fingerprint density at radius 2 is 1.95 bits per heavy atom. The summed E-state index contributed by atoms with van der Waals surface area (Å²) in [4.78, 5) is 1.34. The lowest BCUT2D eigenvalue weighted by molar-refractivity contribution is 0.358. The molecule has 0 saturated carbocycles. The van der Waals surface area contributed by atoms with E-state index in [4.69, 9.17) is 4.74 Å². The minimum Gasteiger partial charge on any atom is -0.489 e. The topological polar surface area (TPSA) is 21.3 Å². The molecule has 0 spiro atoms. The van der Waals surface area contributed by atoms with Crippen LogP contribution in [-0.4, -0.2) is 6.61 Å². The van der Waals surface area contributed by atoms with Crippen LogP contribution in [0.1, 0.15) is 10.4 Å². The van der Waals surface area contributed by atoms with Crippen LogP contribution in [0, 0.1) is 0 Å². The second-order valence-electron chi connectivity index (χ2n) is 5.05. The van der Waals surface area contributed by atoms with Crippen molar-refractivity contribution < 1.29 is 4.74 Å². The zero-order valence-corrected chi connectivity index (χ0v) is 13.2. The summed E-state index contributed by atoms with van der Waals surface area (Å²) in [7, 11) is 0. The van der Waals surface area contributed by atoms with E-state index in [1.165, 1.54) is 21.2 Å². The van der Waals surface area contributed by atoms with Crippen LogP contribution in [0.2, 0.25) is 0 Å². The molecule has 0 aliphatic rings. The Labute approximate surface area is 135 Å². The summed E-state index contributed by atoms with van der Waals surface area (Å²) in [5, 5.41) is 8.10. The monoisotopic (exact) mass is 309 g/mol. The smallest absolute Gasteiger partial charge is 0.124 e. The molecule has 2 nitrogen and oxygen atoms in total. The molecule has 0 radical (unpaired) electrons. The summed E-state index contributed by atoms with van der Waals surface area (Å²) in [5.41, 5.74) is 1.21. The Bertz CT molecular complexity index is 749. The third-order valence-electron chi connectivity index (χ3n) is 3.54. The Balaban J connectivity index is 1.84. The number of rotatable bonds is 7. The molecule has 0 amide bonds. The van der Waals surface area contributed by atoms with Gasteiger partial charge >= 0.3 is 0 Å². The summed E-state index contributed by atoms with van der Waals surface area (Å²) >= 11 is 1.77. The van der Waals surface area contributed by atoms with Crippen LogP contribution < -0.4 is 10.1 Å². The van der Waals surface area contributed by atoms with Gasteiger partial charge in [-0.2, -0.15) is 0 Å². The number of fused-ring (bicyclic) bond motifs is 1. The highest BCUT2D eigenvalue weighted by molar-refractivity contribution is 7.09. The Hall–Kier alpha value is -2.10. The van der Waals surface area contributed by atoms with Gasteiger partial charge in [-0.1, -0.05) is 49.1 Å². The molecular weight excluding hydrogens is 290 g/mol. The maximum absolute atomic E-state index is 5.83. The first-order valence-electron chi connectivity index (χ1n) is 7.36. The van der Waals surface area contributed by atoms with E-state index < -0.39 is 0 Å². The van der Waals surface area contributed by atoms with Crippen LogP contribution in [0.3, 0.4) is 0 Å². The van der Waals surface area contributed by atoms with Gasteiger partial charge in [0.1, 0.15) is 12.4 Å². The fraction of sp³-hybridized carbons (Fsp3) is 0.158. The largest absolute Gasteiger partial charge is 0.489 e. The van der Waals surface area contributed by atoms with Gasteiger partial charge in [0, 0.05) is 23.5 Å². The lowest BCUT2D eigenvalue weighted by atomic mass is 10.0. The van der Waals surface area contributed by atoms with E-state index in [2.05, 4.69) is 59.7 Å². The fourth-order valence-corrected chi connectivity index (χ4v) is 3.18. The molecule has 0 aliphatic heterocycles. The lowest BCUT2D eigenvalue weighted by Crippen LogP contribution is -2.13. The van der Waals surface area contributed by atoms with Crippen LogP contribution >= 0.6 is 11.3 Å². The van der Waals surface area contributed by atoms with Gasteiger partial charge < -0.3 is 10.1 Å². The van der Waals surface area contributed by atoms with Crippen molar-refractivity contribution in [1.29, 1.82) is 0 Å². The van der Waals surface area contributed by atoms with Crippen molar-refractivity contribution >= 4 is 22.1 Å². The maximum Gasteiger partial charge on any atom is 0.124 e. The van der Waals surface area contributed by atoms with Crippen LogP contribution in [0.4, 0.5) is 0 Å². The van der Waals surface area contributed by atoms with E-state index in [0.29, 0.717) is 6.61 Å². The third-order valence-corrected chi connectivity index (χ3v) is 4.41. The van der Waals surface area contributed by atoms with Crippen molar-refractivity contribution in [1.82, 2.24) is 5.32 Å². The van der Waals surface area contributed by atoms with Crippen molar-refractivity contribution in [3.63, 3.8) is 0 Å². The first-order valence-corrected chi connectivity index (χ1v) is 8.24. The van der Waals surface area contributed by atoms with E-state index >= 15 is 0 Å². The first kappa shape index (κ1) is 14.8. The average molecular weight is 309 g/mol. The van der Waals surface area contributed by atoms with Crippen LogP contribution in [0.25, 0.3) is 10.8 Å². The summed E-state index contributed by atoms with van der Waals surface area (Å²) < 4.78 is 5.83. The summed E-state index contributed by atoms with van der Waals surface area (Å²) in [6, 6.07) is 16.8. The van der Waals surface area contributed by atoms with E-state index in [9.17, 15) is 0 Å². The number of benzene rings is 2. The third kappa shape index (κ3) is 3.38. The summed E-state index contributed by atoms with van der Waals surface area (Å²) in [6.07, 6.45) is 1.78.